The Morgan fingerprint density at radius 2 is 1.62 bits per heavy atom. The van der Waals surface area contributed by atoms with Crippen LogP contribution in [-0.4, -0.2) is 17.0 Å². The number of carbonyl (C=O) groups is 2. The maximum atomic E-state index is 12.7. The molecule has 2 N–H and O–H groups in total. The highest BCUT2D eigenvalue weighted by atomic mass is 19.1. The molecule has 0 aliphatic carbocycles. The van der Waals surface area contributed by atoms with Crippen LogP contribution in [0.25, 0.3) is 0 Å². The molecule has 0 fully saturated rings. The number of carbonyl (C=O) groups excluding carboxylic acids is 1. The van der Waals surface area contributed by atoms with Gasteiger partial charge >= 0.3 is 5.97 Å². The summed E-state index contributed by atoms with van der Waals surface area (Å²) in [5.41, 5.74) is 1.59. The maximum absolute atomic E-state index is 12.7. The first-order valence-electron chi connectivity index (χ1n) is 6.42. The SMILES string of the molecule is O=C(CCc1ccc(F)cc1)Nc1ccc(C(=O)O)cc1. The van der Waals surface area contributed by atoms with E-state index in [0.29, 0.717) is 12.1 Å². The van der Waals surface area contributed by atoms with Gasteiger partial charge in [-0.3, -0.25) is 4.79 Å². The largest absolute Gasteiger partial charge is 0.478 e. The fourth-order valence-corrected chi connectivity index (χ4v) is 1.83. The molecule has 0 aromatic heterocycles. The zero-order valence-electron chi connectivity index (χ0n) is 11.2. The van der Waals surface area contributed by atoms with E-state index in [2.05, 4.69) is 5.32 Å². The van der Waals surface area contributed by atoms with Gasteiger partial charge in [0.2, 0.25) is 5.91 Å². The molecule has 0 bridgehead atoms. The number of nitrogens with one attached hydrogen (secondary N) is 1. The Labute approximate surface area is 121 Å². The summed E-state index contributed by atoms with van der Waals surface area (Å²) in [6.07, 6.45) is 0.783. The first-order valence-corrected chi connectivity index (χ1v) is 6.42. The van der Waals surface area contributed by atoms with Crippen LogP contribution in [0.3, 0.4) is 0 Å². The minimum atomic E-state index is -1.01. The van der Waals surface area contributed by atoms with Crippen molar-refractivity contribution in [2.75, 3.05) is 5.32 Å². The van der Waals surface area contributed by atoms with E-state index < -0.39 is 5.97 Å². The lowest BCUT2D eigenvalue weighted by Gasteiger charge is -2.06. The van der Waals surface area contributed by atoms with E-state index in [0.717, 1.165) is 5.56 Å². The molecule has 21 heavy (non-hydrogen) atoms. The molecule has 2 aromatic rings. The number of halogens is 1. The summed E-state index contributed by atoms with van der Waals surface area (Å²) in [6.45, 7) is 0. The molecule has 0 atom stereocenters. The standard InChI is InChI=1S/C16H14FNO3/c17-13-6-1-11(2-7-13)3-10-15(19)18-14-8-4-12(5-9-14)16(20)21/h1-2,4-9H,3,10H2,(H,18,19)(H,20,21). The molecular formula is C16H14FNO3. The first-order chi connectivity index (χ1) is 10.0. The molecule has 0 aliphatic rings. The molecule has 0 aliphatic heterocycles. The van der Waals surface area contributed by atoms with Gasteiger partial charge in [0, 0.05) is 12.1 Å². The van der Waals surface area contributed by atoms with Gasteiger partial charge < -0.3 is 10.4 Å². The normalized spacial score (nSPS) is 10.1. The number of aryl methyl sites for hydroxylation is 1. The molecule has 108 valence electrons. The van der Waals surface area contributed by atoms with E-state index in [1.807, 2.05) is 0 Å². The number of aromatic carboxylic acids is 1. The molecule has 0 radical (unpaired) electrons. The van der Waals surface area contributed by atoms with Crippen LogP contribution < -0.4 is 5.32 Å². The number of amides is 1. The molecule has 2 rings (SSSR count). The fourth-order valence-electron chi connectivity index (χ4n) is 1.83. The number of rotatable bonds is 5. The van der Waals surface area contributed by atoms with Crippen LogP contribution in [0.15, 0.2) is 48.5 Å². The smallest absolute Gasteiger partial charge is 0.335 e. The second kappa shape index (κ2) is 6.65. The lowest BCUT2D eigenvalue weighted by molar-refractivity contribution is -0.116. The predicted octanol–water partition coefficient (Wildman–Crippen LogP) is 3.10. The molecule has 4 nitrogen and oxygen atoms in total. The van der Waals surface area contributed by atoms with Gasteiger partial charge in [0.25, 0.3) is 0 Å². The highest BCUT2D eigenvalue weighted by Gasteiger charge is 2.05. The average Bonchev–Trinajstić information content (AvgIpc) is 2.47. The van der Waals surface area contributed by atoms with E-state index in [4.69, 9.17) is 5.11 Å². The monoisotopic (exact) mass is 287 g/mol. The third-order valence-electron chi connectivity index (χ3n) is 2.97. The van der Waals surface area contributed by atoms with Gasteiger partial charge in [0.15, 0.2) is 0 Å². The fraction of sp³-hybridized carbons (Fsp3) is 0.125. The van der Waals surface area contributed by atoms with Crippen molar-refractivity contribution in [3.63, 3.8) is 0 Å². The van der Waals surface area contributed by atoms with Crippen molar-refractivity contribution in [1.82, 2.24) is 0 Å². The topological polar surface area (TPSA) is 66.4 Å². The number of hydrogen-bond acceptors (Lipinski definition) is 2. The van der Waals surface area contributed by atoms with E-state index in [1.54, 1.807) is 24.3 Å². The molecule has 0 spiro atoms. The molecule has 5 heteroatoms. The molecule has 1 amide bonds. The van der Waals surface area contributed by atoms with Crippen LogP contribution in [0.4, 0.5) is 10.1 Å². The molecule has 0 unspecified atom stereocenters. The number of carboxylic acid groups (broad SMARTS) is 1. The highest BCUT2D eigenvalue weighted by molar-refractivity contribution is 5.92. The Hall–Kier alpha value is -2.69. The van der Waals surface area contributed by atoms with Crippen LogP contribution in [0.2, 0.25) is 0 Å². The summed E-state index contributed by atoms with van der Waals surface area (Å²) < 4.78 is 12.7. The molecule has 0 saturated carbocycles. The van der Waals surface area contributed by atoms with E-state index in [1.165, 1.54) is 24.3 Å². The van der Waals surface area contributed by atoms with Crippen LogP contribution in [-0.2, 0) is 11.2 Å². The Kier molecular flexibility index (Phi) is 4.66. The van der Waals surface area contributed by atoms with Gasteiger partial charge in [0.1, 0.15) is 5.82 Å². The van der Waals surface area contributed by atoms with Crippen LogP contribution >= 0.6 is 0 Å². The summed E-state index contributed by atoms with van der Waals surface area (Å²) >= 11 is 0. The summed E-state index contributed by atoms with van der Waals surface area (Å²) in [7, 11) is 0. The molecule has 0 heterocycles. The van der Waals surface area contributed by atoms with Crippen molar-refractivity contribution in [2.45, 2.75) is 12.8 Å². The van der Waals surface area contributed by atoms with Crippen LogP contribution in [0.1, 0.15) is 22.3 Å². The van der Waals surface area contributed by atoms with Crippen molar-refractivity contribution < 1.29 is 19.1 Å². The predicted molar refractivity (Wildman–Crippen MR) is 76.8 cm³/mol. The van der Waals surface area contributed by atoms with E-state index >= 15 is 0 Å². The van der Waals surface area contributed by atoms with Gasteiger partial charge in [-0.05, 0) is 48.4 Å². The maximum Gasteiger partial charge on any atom is 0.335 e. The Balaban J connectivity index is 1.86. The summed E-state index contributed by atoms with van der Waals surface area (Å²) in [5.74, 6) is -1.49. The number of anilines is 1. The van der Waals surface area contributed by atoms with Gasteiger partial charge in [-0.25, -0.2) is 9.18 Å². The van der Waals surface area contributed by atoms with E-state index in [9.17, 15) is 14.0 Å². The summed E-state index contributed by atoms with van der Waals surface area (Å²) in [5, 5.41) is 11.5. The summed E-state index contributed by atoms with van der Waals surface area (Å²) in [4.78, 5) is 22.5. The minimum absolute atomic E-state index is 0.166. The average molecular weight is 287 g/mol. The lowest BCUT2D eigenvalue weighted by Crippen LogP contribution is -2.12. The zero-order chi connectivity index (χ0) is 15.2. The van der Waals surface area contributed by atoms with Crippen molar-refractivity contribution in [1.29, 1.82) is 0 Å². The van der Waals surface area contributed by atoms with Crippen molar-refractivity contribution in [2.24, 2.45) is 0 Å². The number of carboxylic acids is 1. The second-order valence-electron chi connectivity index (χ2n) is 4.56. The Morgan fingerprint density at radius 1 is 1.00 bits per heavy atom. The second-order valence-corrected chi connectivity index (χ2v) is 4.56. The summed E-state index contributed by atoms with van der Waals surface area (Å²) in [6, 6.07) is 11.9. The third-order valence-corrected chi connectivity index (χ3v) is 2.97. The van der Waals surface area contributed by atoms with E-state index in [-0.39, 0.29) is 23.7 Å². The van der Waals surface area contributed by atoms with Crippen molar-refractivity contribution in [3.8, 4) is 0 Å². The minimum Gasteiger partial charge on any atom is -0.478 e. The van der Waals surface area contributed by atoms with Gasteiger partial charge in [-0.15, -0.1) is 0 Å². The first kappa shape index (κ1) is 14.7. The quantitative estimate of drug-likeness (QED) is 0.888. The number of hydrogen-bond donors (Lipinski definition) is 2. The third kappa shape index (κ3) is 4.42. The molecule has 0 saturated heterocycles. The van der Waals surface area contributed by atoms with Gasteiger partial charge in [-0.2, -0.15) is 0 Å². The molecular weight excluding hydrogens is 273 g/mol. The Morgan fingerprint density at radius 3 is 2.19 bits per heavy atom. The highest BCUT2D eigenvalue weighted by Crippen LogP contribution is 2.11. The van der Waals surface area contributed by atoms with Crippen LogP contribution in [0, 0.1) is 5.82 Å². The zero-order valence-corrected chi connectivity index (χ0v) is 11.2. The van der Waals surface area contributed by atoms with Gasteiger partial charge in [-0.1, -0.05) is 12.1 Å². The van der Waals surface area contributed by atoms with Crippen molar-refractivity contribution in [3.05, 3.63) is 65.5 Å². The lowest BCUT2D eigenvalue weighted by atomic mass is 10.1. The molecule has 2 aromatic carbocycles. The van der Waals surface area contributed by atoms with Crippen molar-refractivity contribution >= 4 is 17.6 Å². The Bertz CT molecular complexity index is 636. The van der Waals surface area contributed by atoms with Crippen LogP contribution in [0.5, 0.6) is 0 Å². The van der Waals surface area contributed by atoms with Gasteiger partial charge in [0.05, 0.1) is 5.56 Å². The number of benzene rings is 2.